The van der Waals surface area contributed by atoms with Gasteiger partial charge in [-0.1, -0.05) is 0 Å². The van der Waals surface area contributed by atoms with Gasteiger partial charge in [-0.15, -0.1) is 0 Å². The fourth-order valence-corrected chi connectivity index (χ4v) is 1.35. The first-order valence-corrected chi connectivity index (χ1v) is 3.65. The summed E-state index contributed by atoms with van der Waals surface area (Å²) in [7, 11) is 0. The van der Waals surface area contributed by atoms with Crippen LogP contribution < -0.4 is 5.73 Å². The van der Waals surface area contributed by atoms with Gasteiger partial charge in [0.25, 0.3) is 0 Å². The molecule has 0 amide bonds. The second kappa shape index (κ2) is 3.18. The maximum Gasteiger partial charge on any atom is 0.0459 e. The Bertz CT molecular complexity index is 77.0. The van der Waals surface area contributed by atoms with E-state index in [0.29, 0.717) is 12.5 Å². The van der Waals surface area contributed by atoms with Crippen LogP contribution in [0, 0.1) is 5.92 Å². The highest BCUT2D eigenvalue weighted by Crippen LogP contribution is 2.22. The summed E-state index contributed by atoms with van der Waals surface area (Å²) in [6.07, 6.45) is 4.10. The van der Waals surface area contributed by atoms with Crippen LogP contribution in [0.5, 0.6) is 0 Å². The Morgan fingerprint density at radius 2 is 1.78 bits per heavy atom. The van der Waals surface area contributed by atoms with E-state index in [9.17, 15) is 0 Å². The molecule has 2 N–H and O–H groups in total. The molecule has 0 aromatic heterocycles. The minimum absolute atomic E-state index is 0.160. The zero-order chi connectivity index (χ0) is 6.69. The first-order chi connectivity index (χ1) is 4.33. The van der Waals surface area contributed by atoms with E-state index in [0.717, 1.165) is 25.7 Å². The van der Waals surface area contributed by atoms with Crippen molar-refractivity contribution in [3.05, 3.63) is 0 Å². The van der Waals surface area contributed by atoms with Crippen molar-refractivity contribution in [1.82, 2.24) is 5.73 Å². The molecule has 9 heavy (non-hydrogen) atoms. The van der Waals surface area contributed by atoms with Gasteiger partial charge >= 0.3 is 0 Å². The van der Waals surface area contributed by atoms with Crippen molar-refractivity contribution < 1.29 is 5.11 Å². The first-order valence-electron chi connectivity index (χ1n) is 3.65. The third-order valence-corrected chi connectivity index (χ3v) is 2.10. The summed E-state index contributed by atoms with van der Waals surface area (Å²) in [6.45, 7) is 0.326. The molecular formula is C7H14NO. The molecule has 0 atom stereocenters. The van der Waals surface area contributed by atoms with Gasteiger partial charge in [-0.05, 0) is 31.6 Å². The molecule has 0 aliphatic heterocycles. The minimum Gasteiger partial charge on any atom is -0.396 e. The molecule has 0 unspecified atom stereocenters. The molecule has 0 aromatic rings. The topological polar surface area (TPSA) is 44.0 Å². The van der Waals surface area contributed by atoms with Crippen LogP contribution in [0.25, 0.3) is 0 Å². The summed E-state index contributed by atoms with van der Waals surface area (Å²) in [5.41, 5.74) is 7.36. The van der Waals surface area contributed by atoms with E-state index in [4.69, 9.17) is 10.8 Å². The molecule has 1 radical (unpaired) electrons. The maximum atomic E-state index is 8.72. The number of hydrogen-bond acceptors (Lipinski definition) is 1. The van der Waals surface area contributed by atoms with E-state index >= 15 is 0 Å². The van der Waals surface area contributed by atoms with Crippen LogP contribution in [0.3, 0.4) is 0 Å². The lowest BCUT2D eigenvalue weighted by Crippen LogP contribution is -2.21. The summed E-state index contributed by atoms with van der Waals surface area (Å²) in [5.74, 6) is 0.506. The number of aliphatic hydroxyl groups excluding tert-OH is 1. The standard InChI is InChI=1S/C7H14NO/c8-7-3-1-6(5-9)2-4-7/h6-9H,1-5H2/t6-,7-. The lowest BCUT2D eigenvalue weighted by atomic mass is 9.87. The van der Waals surface area contributed by atoms with Crippen molar-refractivity contribution in [2.45, 2.75) is 31.7 Å². The van der Waals surface area contributed by atoms with Gasteiger partial charge in [-0.25, -0.2) is 0 Å². The van der Waals surface area contributed by atoms with Crippen LogP contribution in [0.1, 0.15) is 25.7 Å². The molecule has 1 rings (SSSR count). The molecule has 0 saturated heterocycles. The summed E-state index contributed by atoms with van der Waals surface area (Å²) >= 11 is 0. The normalized spacial score (nSPS) is 36.7. The maximum absolute atomic E-state index is 8.72. The number of hydrogen-bond donors (Lipinski definition) is 1. The number of rotatable bonds is 1. The molecule has 0 heterocycles. The van der Waals surface area contributed by atoms with Gasteiger partial charge < -0.3 is 5.11 Å². The molecular weight excluding hydrogens is 114 g/mol. The van der Waals surface area contributed by atoms with Gasteiger partial charge in [0.15, 0.2) is 0 Å². The predicted octanol–water partition coefficient (Wildman–Crippen LogP) is 0.820. The Morgan fingerprint density at radius 1 is 1.22 bits per heavy atom. The highest BCUT2D eigenvalue weighted by atomic mass is 16.3. The van der Waals surface area contributed by atoms with Crippen LogP contribution in [-0.4, -0.2) is 17.8 Å². The minimum atomic E-state index is 0.160. The zero-order valence-corrected chi connectivity index (χ0v) is 5.64. The third-order valence-electron chi connectivity index (χ3n) is 2.10. The molecule has 2 nitrogen and oxygen atoms in total. The van der Waals surface area contributed by atoms with Crippen LogP contribution in [-0.2, 0) is 0 Å². The van der Waals surface area contributed by atoms with Crippen molar-refractivity contribution in [3.63, 3.8) is 0 Å². The third kappa shape index (κ3) is 1.95. The van der Waals surface area contributed by atoms with Gasteiger partial charge in [-0.3, -0.25) is 5.73 Å². The molecule has 0 aromatic carbocycles. The highest BCUT2D eigenvalue weighted by molar-refractivity contribution is 4.72. The smallest absolute Gasteiger partial charge is 0.0459 e. The zero-order valence-electron chi connectivity index (χ0n) is 5.64. The summed E-state index contributed by atoms with van der Waals surface area (Å²) < 4.78 is 0. The fraction of sp³-hybridized carbons (Fsp3) is 1.00. The molecule has 2 heteroatoms. The van der Waals surface area contributed by atoms with Crippen molar-refractivity contribution in [2.75, 3.05) is 6.61 Å². The SMILES string of the molecule is [NH][C@H]1CC[C@H](CO)CC1. The van der Waals surface area contributed by atoms with E-state index < -0.39 is 0 Å². The summed E-state index contributed by atoms with van der Waals surface area (Å²) in [6, 6.07) is 0.160. The summed E-state index contributed by atoms with van der Waals surface area (Å²) in [5, 5.41) is 8.72. The lowest BCUT2D eigenvalue weighted by Gasteiger charge is -2.23. The highest BCUT2D eigenvalue weighted by Gasteiger charge is 2.17. The average molecular weight is 128 g/mol. The molecule has 1 aliphatic carbocycles. The lowest BCUT2D eigenvalue weighted by molar-refractivity contribution is 0.182. The van der Waals surface area contributed by atoms with Gasteiger partial charge in [0, 0.05) is 12.6 Å². The van der Waals surface area contributed by atoms with Crippen molar-refractivity contribution in [1.29, 1.82) is 0 Å². The van der Waals surface area contributed by atoms with Gasteiger partial charge in [0.2, 0.25) is 0 Å². The monoisotopic (exact) mass is 128 g/mol. The van der Waals surface area contributed by atoms with Crippen LogP contribution in [0.4, 0.5) is 0 Å². The molecule has 0 bridgehead atoms. The van der Waals surface area contributed by atoms with E-state index in [2.05, 4.69) is 0 Å². The van der Waals surface area contributed by atoms with E-state index in [1.807, 2.05) is 0 Å². The molecule has 1 fully saturated rings. The van der Waals surface area contributed by atoms with Gasteiger partial charge in [0.05, 0.1) is 0 Å². The van der Waals surface area contributed by atoms with Crippen LogP contribution in [0.2, 0.25) is 0 Å². The van der Waals surface area contributed by atoms with Crippen LogP contribution >= 0.6 is 0 Å². The number of aliphatic hydroxyl groups is 1. The van der Waals surface area contributed by atoms with Gasteiger partial charge in [-0.2, -0.15) is 0 Å². The quantitative estimate of drug-likeness (QED) is 0.558. The Balaban J connectivity index is 2.18. The van der Waals surface area contributed by atoms with E-state index in [1.54, 1.807) is 0 Å². The van der Waals surface area contributed by atoms with Crippen molar-refractivity contribution >= 4 is 0 Å². The Morgan fingerprint density at radius 3 is 2.22 bits per heavy atom. The van der Waals surface area contributed by atoms with Crippen molar-refractivity contribution in [2.24, 2.45) is 5.92 Å². The largest absolute Gasteiger partial charge is 0.396 e. The second-order valence-corrected chi connectivity index (χ2v) is 2.90. The molecule has 1 saturated carbocycles. The molecule has 53 valence electrons. The Kier molecular flexibility index (Phi) is 2.49. The van der Waals surface area contributed by atoms with Crippen LogP contribution in [0.15, 0.2) is 0 Å². The molecule has 0 spiro atoms. The first kappa shape index (κ1) is 7.03. The average Bonchev–Trinajstić information content (AvgIpc) is 1.90. The predicted molar refractivity (Wildman–Crippen MR) is 35.9 cm³/mol. The fourth-order valence-electron chi connectivity index (χ4n) is 1.35. The van der Waals surface area contributed by atoms with Crippen molar-refractivity contribution in [3.8, 4) is 0 Å². The Hall–Kier alpha value is -0.0800. The second-order valence-electron chi connectivity index (χ2n) is 2.90. The van der Waals surface area contributed by atoms with E-state index in [1.165, 1.54) is 0 Å². The van der Waals surface area contributed by atoms with Gasteiger partial charge in [0.1, 0.15) is 0 Å². The summed E-state index contributed by atoms with van der Waals surface area (Å²) in [4.78, 5) is 0. The number of nitrogens with one attached hydrogen (secondary N) is 1. The van der Waals surface area contributed by atoms with E-state index in [-0.39, 0.29) is 6.04 Å². The molecule has 1 aliphatic rings. The Labute approximate surface area is 56.1 Å².